The number of hydrogen-bond acceptors (Lipinski definition) is 3. The number of furan rings is 2. The molecule has 0 unspecified atom stereocenters. The van der Waals surface area contributed by atoms with Crippen LogP contribution in [-0.2, 0) is 0 Å². The first-order chi connectivity index (χ1) is 10.2. The fourth-order valence-electron chi connectivity index (χ4n) is 2.29. The van der Waals surface area contributed by atoms with Crippen LogP contribution in [0.3, 0.4) is 0 Å². The predicted molar refractivity (Wildman–Crippen MR) is 79.7 cm³/mol. The zero-order chi connectivity index (χ0) is 14.4. The number of benzene rings is 1. The summed E-state index contributed by atoms with van der Waals surface area (Å²) in [7, 11) is 0. The number of hydrogen-bond donors (Lipinski definition) is 2. The molecule has 104 valence electrons. The van der Waals surface area contributed by atoms with Gasteiger partial charge in [-0.1, -0.05) is 11.6 Å². The second-order valence-electron chi connectivity index (χ2n) is 4.59. The first kappa shape index (κ1) is 12.1. The van der Waals surface area contributed by atoms with Crippen LogP contribution in [0.2, 0.25) is 5.02 Å². The minimum atomic E-state index is -0.276. The van der Waals surface area contributed by atoms with E-state index in [0.29, 0.717) is 27.6 Å². The Balaban J connectivity index is 1.70. The van der Waals surface area contributed by atoms with Crippen LogP contribution in [0.1, 0.15) is 10.5 Å². The quantitative estimate of drug-likeness (QED) is 0.576. The minimum absolute atomic E-state index is 0.276. The smallest absolute Gasteiger partial charge is 0.272 e. The van der Waals surface area contributed by atoms with E-state index < -0.39 is 0 Å². The highest BCUT2D eigenvalue weighted by Crippen LogP contribution is 2.31. The SMILES string of the molecule is O=C(Nc1ccc(Cl)c2ccoc12)c1cc2occc2[nH]1. The second-order valence-corrected chi connectivity index (χ2v) is 5.00. The van der Waals surface area contributed by atoms with Crippen molar-refractivity contribution in [3.63, 3.8) is 0 Å². The molecule has 0 bridgehead atoms. The summed E-state index contributed by atoms with van der Waals surface area (Å²) in [5, 5.41) is 4.14. The van der Waals surface area contributed by atoms with Crippen LogP contribution in [0.5, 0.6) is 0 Å². The maximum absolute atomic E-state index is 12.3. The van der Waals surface area contributed by atoms with Gasteiger partial charge in [0.15, 0.2) is 11.2 Å². The molecule has 0 saturated carbocycles. The number of carbonyl (C=O) groups is 1. The van der Waals surface area contributed by atoms with Gasteiger partial charge in [-0.25, -0.2) is 0 Å². The van der Waals surface area contributed by atoms with E-state index >= 15 is 0 Å². The van der Waals surface area contributed by atoms with Crippen molar-refractivity contribution in [2.24, 2.45) is 0 Å². The molecule has 0 fully saturated rings. The zero-order valence-corrected chi connectivity index (χ0v) is 11.4. The van der Waals surface area contributed by atoms with Crippen LogP contribution in [-0.4, -0.2) is 10.9 Å². The molecule has 6 heteroatoms. The summed E-state index contributed by atoms with van der Waals surface area (Å²) >= 11 is 6.07. The molecule has 4 aromatic rings. The summed E-state index contributed by atoms with van der Waals surface area (Å²) in [5.41, 5.74) is 2.94. The Bertz CT molecular complexity index is 935. The van der Waals surface area contributed by atoms with E-state index in [2.05, 4.69) is 10.3 Å². The van der Waals surface area contributed by atoms with E-state index in [1.54, 1.807) is 36.6 Å². The standard InChI is InChI=1S/C15H9ClN2O3/c16-9-1-2-11(14-8(9)3-5-21-14)18-15(19)12-7-13-10(17-12)4-6-20-13/h1-7,17H,(H,18,19). The molecule has 0 atom stereocenters. The molecule has 21 heavy (non-hydrogen) atoms. The molecule has 1 aromatic carbocycles. The number of amides is 1. The van der Waals surface area contributed by atoms with Crippen molar-refractivity contribution in [1.82, 2.24) is 4.98 Å². The average Bonchev–Trinajstić information content (AvgIpc) is 3.15. The first-order valence-electron chi connectivity index (χ1n) is 6.25. The number of fused-ring (bicyclic) bond motifs is 2. The third kappa shape index (κ3) is 1.90. The lowest BCUT2D eigenvalue weighted by Gasteiger charge is -2.05. The van der Waals surface area contributed by atoms with Gasteiger partial charge in [-0.05, 0) is 18.2 Å². The lowest BCUT2D eigenvalue weighted by molar-refractivity contribution is 0.102. The molecule has 5 nitrogen and oxygen atoms in total. The van der Waals surface area contributed by atoms with Gasteiger partial charge in [0, 0.05) is 17.5 Å². The third-order valence-corrected chi connectivity index (χ3v) is 3.63. The normalized spacial score (nSPS) is 11.3. The molecule has 0 saturated heterocycles. The number of aromatic amines is 1. The summed E-state index contributed by atoms with van der Waals surface area (Å²) in [6.45, 7) is 0. The van der Waals surface area contributed by atoms with Gasteiger partial charge in [0.2, 0.25) is 0 Å². The van der Waals surface area contributed by atoms with Gasteiger partial charge >= 0.3 is 0 Å². The van der Waals surface area contributed by atoms with Gasteiger partial charge in [-0.15, -0.1) is 0 Å². The van der Waals surface area contributed by atoms with Crippen LogP contribution >= 0.6 is 11.6 Å². The Morgan fingerprint density at radius 3 is 2.86 bits per heavy atom. The Labute approximate surface area is 123 Å². The molecule has 1 amide bonds. The second kappa shape index (κ2) is 4.43. The lowest BCUT2D eigenvalue weighted by atomic mass is 10.2. The van der Waals surface area contributed by atoms with Crippen LogP contribution < -0.4 is 5.32 Å². The Kier molecular flexibility index (Phi) is 2.55. The molecule has 0 aliphatic carbocycles. The maximum atomic E-state index is 12.3. The number of anilines is 1. The average molecular weight is 301 g/mol. The summed E-state index contributed by atoms with van der Waals surface area (Å²) < 4.78 is 10.6. The van der Waals surface area contributed by atoms with Crippen LogP contribution in [0, 0.1) is 0 Å². The largest absolute Gasteiger partial charge is 0.463 e. The van der Waals surface area contributed by atoms with E-state index in [1.807, 2.05) is 0 Å². The molecule has 3 heterocycles. The maximum Gasteiger partial charge on any atom is 0.272 e. The number of rotatable bonds is 2. The first-order valence-corrected chi connectivity index (χ1v) is 6.63. The molecule has 0 aliphatic heterocycles. The molecule has 4 rings (SSSR count). The molecular formula is C15H9ClN2O3. The molecule has 0 spiro atoms. The fourth-order valence-corrected chi connectivity index (χ4v) is 2.50. The summed E-state index contributed by atoms with van der Waals surface area (Å²) in [4.78, 5) is 15.3. The van der Waals surface area contributed by atoms with Gasteiger partial charge < -0.3 is 19.1 Å². The topological polar surface area (TPSA) is 71.2 Å². The van der Waals surface area contributed by atoms with Crippen molar-refractivity contribution in [2.45, 2.75) is 0 Å². The molecule has 0 aliphatic rings. The highest BCUT2D eigenvalue weighted by molar-refractivity contribution is 6.35. The molecular weight excluding hydrogens is 292 g/mol. The number of nitrogens with one attached hydrogen (secondary N) is 2. The van der Waals surface area contributed by atoms with Gasteiger partial charge in [0.25, 0.3) is 5.91 Å². The van der Waals surface area contributed by atoms with E-state index in [4.69, 9.17) is 20.4 Å². The zero-order valence-electron chi connectivity index (χ0n) is 10.6. The fraction of sp³-hybridized carbons (Fsp3) is 0. The number of aromatic nitrogens is 1. The molecule has 0 radical (unpaired) electrons. The highest BCUT2D eigenvalue weighted by atomic mass is 35.5. The van der Waals surface area contributed by atoms with Crippen molar-refractivity contribution in [2.75, 3.05) is 5.32 Å². The summed E-state index contributed by atoms with van der Waals surface area (Å²) in [5.74, 6) is -0.276. The molecule has 3 aromatic heterocycles. The van der Waals surface area contributed by atoms with Crippen molar-refractivity contribution >= 4 is 45.3 Å². The molecule has 2 N–H and O–H groups in total. The van der Waals surface area contributed by atoms with E-state index in [1.165, 1.54) is 6.26 Å². The van der Waals surface area contributed by atoms with Crippen LogP contribution in [0.15, 0.2) is 51.7 Å². The summed E-state index contributed by atoms with van der Waals surface area (Å²) in [6.07, 6.45) is 3.10. The van der Waals surface area contributed by atoms with Gasteiger partial charge in [-0.3, -0.25) is 4.79 Å². The minimum Gasteiger partial charge on any atom is -0.463 e. The number of halogens is 1. The van der Waals surface area contributed by atoms with E-state index in [9.17, 15) is 4.79 Å². The van der Waals surface area contributed by atoms with Gasteiger partial charge in [0.1, 0.15) is 5.69 Å². The monoisotopic (exact) mass is 300 g/mol. The van der Waals surface area contributed by atoms with Gasteiger partial charge in [-0.2, -0.15) is 0 Å². The van der Waals surface area contributed by atoms with Crippen molar-refractivity contribution in [3.8, 4) is 0 Å². The van der Waals surface area contributed by atoms with E-state index in [-0.39, 0.29) is 5.91 Å². The van der Waals surface area contributed by atoms with E-state index in [0.717, 1.165) is 10.9 Å². The van der Waals surface area contributed by atoms with Gasteiger partial charge in [0.05, 0.1) is 28.8 Å². The van der Waals surface area contributed by atoms with Crippen LogP contribution in [0.25, 0.3) is 22.1 Å². The Hall–Kier alpha value is -2.66. The highest BCUT2D eigenvalue weighted by Gasteiger charge is 2.14. The Morgan fingerprint density at radius 1 is 1.14 bits per heavy atom. The Morgan fingerprint density at radius 2 is 2.00 bits per heavy atom. The van der Waals surface area contributed by atoms with Crippen molar-refractivity contribution in [1.29, 1.82) is 0 Å². The summed E-state index contributed by atoms with van der Waals surface area (Å²) in [6, 6.07) is 8.60. The van der Waals surface area contributed by atoms with Crippen molar-refractivity contribution < 1.29 is 13.6 Å². The third-order valence-electron chi connectivity index (χ3n) is 3.30. The van der Waals surface area contributed by atoms with Crippen molar-refractivity contribution in [3.05, 3.63) is 53.6 Å². The number of carbonyl (C=O) groups excluding carboxylic acids is 1. The lowest BCUT2D eigenvalue weighted by Crippen LogP contribution is -2.12. The number of H-pyrrole nitrogens is 1. The van der Waals surface area contributed by atoms with Crippen LogP contribution in [0.4, 0.5) is 5.69 Å². The predicted octanol–water partition coefficient (Wildman–Crippen LogP) is 4.41.